The summed E-state index contributed by atoms with van der Waals surface area (Å²) in [6.45, 7) is 11.7. The number of nitrogens with two attached hydrogens (primary N) is 1. The minimum atomic E-state index is -0.187. The molecule has 2 N–H and O–H groups in total. The van der Waals surface area contributed by atoms with Crippen molar-refractivity contribution in [3.63, 3.8) is 0 Å². The number of nitrogens with zero attached hydrogens (tertiary/aromatic N) is 2. The molecule has 1 aliphatic heterocycles. The minimum absolute atomic E-state index is 0.0647. The number of likely N-dealkylation sites (N-methyl/N-ethyl adjacent to an activating group) is 1. The van der Waals surface area contributed by atoms with Crippen molar-refractivity contribution in [2.75, 3.05) is 46.9 Å². The topological polar surface area (TPSA) is 51.0 Å². The summed E-state index contributed by atoms with van der Waals surface area (Å²) in [5, 5.41) is 0. The minimum Gasteiger partial charge on any atom is -0.356 e. The second-order valence-corrected chi connectivity index (χ2v) is 5.73. The zero-order valence-corrected chi connectivity index (χ0v) is 13.2. The molecule has 0 bridgehead atoms. The average molecular weight is 273 g/mol. The smallest absolute Gasteiger partial charge is 0.158 e. The predicted molar refractivity (Wildman–Crippen MR) is 78.2 cm³/mol. The highest BCUT2D eigenvalue weighted by atomic mass is 16.7. The number of rotatable bonds is 7. The van der Waals surface area contributed by atoms with E-state index in [0.29, 0.717) is 12.6 Å². The van der Waals surface area contributed by atoms with Crippen LogP contribution in [0.2, 0.25) is 0 Å². The van der Waals surface area contributed by atoms with Gasteiger partial charge in [0, 0.05) is 58.4 Å². The van der Waals surface area contributed by atoms with Crippen molar-refractivity contribution >= 4 is 0 Å². The first-order valence-corrected chi connectivity index (χ1v) is 7.25. The van der Waals surface area contributed by atoms with Crippen LogP contribution in [0.3, 0.4) is 0 Å². The molecule has 1 rings (SSSR count). The molecule has 0 radical (unpaired) electrons. The largest absolute Gasteiger partial charge is 0.356 e. The summed E-state index contributed by atoms with van der Waals surface area (Å²) in [6, 6.07) is 0.577. The normalized spacial score (nSPS) is 25.7. The van der Waals surface area contributed by atoms with Crippen molar-refractivity contribution in [3.05, 3.63) is 0 Å². The molecular weight excluding hydrogens is 242 g/mol. The predicted octanol–water partition coefficient (Wildman–Crippen LogP) is 0.739. The van der Waals surface area contributed by atoms with E-state index in [9.17, 15) is 0 Å². The van der Waals surface area contributed by atoms with Crippen molar-refractivity contribution in [2.24, 2.45) is 5.73 Å². The van der Waals surface area contributed by atoms with Crippen LogP contribution in [-0.4, -0.2) is 74.6 Å². The van der Waals surface area contributed by atoms with Gasteiger partial charge >= 0.3 is 0 Å². The Kier molecular flexibility index (Phi) is 6.69. The SMILES string of the molecule is CCN1CCN(C(C)(CN)CC(OC)OC)CC1C. The first-order valence-electron chi connectivity index (χ1n) is 7.25. The van der Waals surface area contributed by atoms with Gasteiger partial charge in [0.1, 0.15) is 0 Å². The third kappa shape index (κ3) is 4.13. The zero-order valence-electron chi connectivity index (χ0n) is 13.2. The number of hydrogen-bond acceptors (Lipinski definition) is 5. The summed E-state index contributed by atoms with van der Waals surface area (Å²) in [5.41, 5.74) is 5.98. The lowest BCUT2D eigenvalue weighted by atomic mass is 9.93. The lowest BCUT2D eigenvalue weighted by molar-refractivity contribution is -0.132. The first-order chi connectivity index (χ1) is 9.00. The molecule has 0 saturated carbocycles. The summed E-state index contributed by atoms with van der Waals surface area (Å²) in [5.74, 6) is 0. The van der Waals surface area contributed by atoms with E-state index < -0.39 is 0 Å². The van der Waals surface area contributed by atoms with Gasteiger partial charge in [-0.2, -0.15) is 0 Å². The van der Waals surface area contributed by atoms with Gasteiger partial charge < -0.3 is 15.2 Å². The van der Waals surface area contributed by atoms with Crippen LogP contribution in [0.1, 0.15) is 27.2 Å². The van der Waals surface area contributed by atoms with Crippen LogP contribution >= 0.6 is 0 Å². The molecule has 2 atom stereocenters. The highest BCUT2D eigenvalue weighted by Crippen LogP contribution is 2.25. The molecule has 114 valence electrons. The number of ether oxygens (including phenoxy) is 2. The standard InChI is InChI=1S/C14H31N3O2/c1-6-16-7-8-17(10-12(16)2)14(3,11-15)9-13(18-4)19-5/h12-13H,6-11,15H2,1-5H3. The third-order valence-electron chi connectivity index (χ3n) is 4.51. The maximum absolute atomic E-state index is 6.04. The molecule has 1 aliphatic rings. The van der Waals surface area contributed by atoms with Crippen LogP contribution in [0.5, 0.6) is 0 Å². The molecule has 2 unspecified atom stereocenters. The van der Waals surface area contributed by atoms with Gasteiger partial charge in [0.25, 0.3) is 0 Å². The fourth-order valence-corrected chi connectivity index (χ4v) is 2.92. The second kappa shape index (κ2) is 7.55. The van der Waals surface area contributed by atoms with Gasteiger partial charge in [-0.05, 0) is 20.4 Å². The van der Waals surface area contributed by atoms with E-state index in [1.54, 1.807) is 14.2 Å². The van der Waals surface area contributed by atoms with Crippen molar-refractivity contribution in [1.29, 1.82) is 0 Å². The molecule has 0 aromatic heterocycles. The van der Waals surface area contributed by atoms with Crippen LogP contribution in [0, 0.1) is 0 Å². The van der Waals surface area contributed by atoms with Crippen molar-refractivity contribution < 1.29 is 9.47 Å². The number of hydrogen-bond donors (Lipinski definition) is 1. The molecule has 5 heteroatoms. The van der Waals surface area contributed by atoms with Gasteiger partial charge in [0.15, 0.2) is 6.29 Å². The van der Waals surface area contributed by atoms with Crippen LogP contribution < -0.4 is 5.73 Å². The quantitative estimate of drug-likeness (QED) is 0.693. The lowest BCUT2D eigenvalue weighted by Gasteiger charge is -2.48. The summed E-state index contributed by atoms with van der Waals surface area (Å²) >= 11 is 0. The highest BCUT2D eigenvalue weighted by molar-refractivity contribution is 4.93. The maximum atomic E-state index is 6.04. The maximum Gasteiger partial charge on any atom is 0.158 e. The highest BCUT2D eigenvalue weighted by Gasteiger charge is 2.37. The average Bonchev–Trinajstić information content (AvgIpc) is 2.44. The van der Waals surface area contributed by atoms with Crippen LogP contribution in [0.15, 0.2) is 0 Å². The van der Waals surface area contributed by atoms with E-state index in [2.05, 4.69) is 30.6 Å². The van der Waals surface area contributed by atoms with Crippen molar-refractivity contribution in [3.8, 4) is 0 Å². The molecule has 0 spiro atoms. The monoisotopic (exact) mass is 273 g/mol. The van der Waals surface area contributed by atoms with Crippen LogP contribution in [0.25, 0.3) is 0 Å². The van der Waals surface area contributed by atoms with Gasteiger partial charge in [-0.15, -0.1) is 0 Å². The fourth-order valence-electron chi connectivity index (χ4n) is 2.92. The van der Waals surface area contributed by atoms with Gasteiger partial charge in [-0.1, -0.05) is 6.92 Å². The van der Waals surface area contributed by atoms with Crippen LogP contribution in [0.4, 0.5) is 0 Å². The van der Waals surface area contributed by atoms with Crippen LogP contribution in [-0.2, 0) is 9.47 Å². The molecule has 0 aromatic carbocycles. The number of methoxy groups -OCH3 is 2. The van der Waals surface area contributed by atoms with Gasteiger partial charge in [-0.25, -0.2) is 0 Å². The lowest BCUT2D eigenvalue weighted by Crippen LogP contribution is -2.62. The Morgan fingerprint density at radius 2 is 1.95 bits per heavy atom. The molecule has 0 aliphatic carbocycles. The van der Waals surface area contributed by atoms with Gasteiger partial charge in [0.2, 0.25) is 0 Å². The molecular formula is C14H31N3O2. The molecule has 1 fully saturated rings. The van der Waals surface area contributed by atoms with E-state index in [1.165, 1.54) is 0 Å². The van der Waals surface area contributed by atoms with E-state index in [4.69, 9.17) is 15.2 Å². The molecule has 0 amide bonds. The van der Waals surface area contributed by atoms with E-state index >= 15 is 0 Å². The molecule has 5 nitrogen and oxygen atoms in total. The van der Waals surface area contributed by atoms with E-state index in [0.717, 1.165) is 32.6 Å². The Morgan fingerprint density at radius 1 is 1.32 bits per heavy atom. The summed E-state index contributed by atoms with van der Waals surface area (Å²) in [7, 11) is 3.37. The third-order valence-corrected chi connectivity index (χ3v) is 4.51. The van der Waals surface area contributed by atoms with E-state index in [-0.39, 0.29) is 11.8 Å². The zero-order chi connectivity index (χ0) is 14.5. The van der Waals surface area contributed by atoms with Gasteiger partial charge in [0.05, 0.1) is 0 Å². The van der Waals surface area contributed by atoms with Gasteiger partial charge in [-0.3, -0.25) is 9.80 Å². The number of piperazine rings is 1. The molecule has 1 saturated heterocycles. The summed E-state index contributed by atoms with van der Waals surface area (Å²) in [6.07, 6.45) is 0.614. The van der Waals surface area contributed by atoms with E-state index in [1.807, 2.05) is 0 Å². The fraction of sp³-hybridized carbons (Fsp3) is 1.00. The molecule has 0 aromatic rings. The summed E-state index contributed by atoms with van der Waals surface area (Å²) in [4.78, 5) is 5.01. The first kappa shape index (κ1) is 16.9. The Morgan fingerprint density at radius 3 is 2.37 bits per heavy atom. The Hall–Kier alpha value is -0.200. The Labute approximate surface area is 118 Å². The second-order valence-electron chi connectivity index (χ2n) is 5.73. The van der Waals surface area contributed by atoms with Crippen molar-refractivity contribution in [1.82, 2.24) is 9.80 Å². The molecule has 19 heavy (non-hydrogen) atoms. The van der Waals surface area contributed by atoms with Crippen molar-refractivity contribution in [2.45, 2.75) is 45.1 Å². The molecule has 1 heterocycles. The Bertz CT molecular complexity index is 261. The Balaban J connectivity index is 2.68. The summed E-state index contributed by atoms with van der Waals surface area (Å²) < 4.78 is 10.7.